The second kappa shape index (κ2) is 5.31. The molecule has 1 N–H and O–H groups in total. The van der Waals surface area contributed by atoms with E-state index in [9.17, 15) is 0 Å². The highest BCUT2D eigenvalue weighted by Crippen LogP contribution is 2.30. The number of hydrogen-bond acceptors (Lipinski definition) is 3. The van der Waals surface area contributed by atoms with Crippen molar-refractivity contribution in [2.45, 2.75) is 6.92 Å². The van der Waals surface area contributed by atoms with Gasteiger partial charge in [-0.25, -0.2) is 4.98 Å². The van der Waals surface area contributed by atoms with E-state index in [1.807, 2.05) is 13.0 Å². The maximum Gasteiger partial charge on any atom is 0.215 e. The SMILES string of the molecule is CCOc1ccc2[nH]c(-c3cc(Cl)ccc3Cl)nc2n1. The number of fused-ring (bicyclic) bond motifs is 1. The van der Waals surface area contributed by atoms with Gasteiger partial charge in [-0.05, 0) is 31.2 Å². The number of halogens is 2. The van der Waals surface area contributed by atoms with Crippen molar-refractivity contribution < 1.29 is 4.74 Å². The van der Waals surface area contributed by atoms with Crippen molar-refractivity contribution in [2.24, 2.45) is 0 Å². The molecule has 4 nitrogen and oxygen atoms in total. The first kappa shape index (κ1) is 13.2. The fourth-order valence-electron chi connectivity index (χ4n) is 1.91. The van der Waals surface area contributed by atoms with Gasteiger partial charge in [0.15, 0.2) is 5.65 Å². The Labute approximate surface area is 125 Å². The summed E-state index contributed by atoms with van der Waals surface area (Å²) < 4.78 is 5.36. The molecular formula is C14H11Cl2N3O. The van der Waals surface area contributed by atoms with Crippen LogP contribution in [-0.2, 0) is 0 Å². The Balaban J connectivity index is 2.10. The second-order valence-electron chi connectivity index (χ2n) is 4.16. The van der Waals surface area contributed by atoms with Gasteiger partial charge in [0, 0.05) is 16.7 Å². The van der Waals surface area contributed by atoms with Crippen LogP contribution >= 0.6 is 23.2 Å². The number of aromatic amines is 1. The number of H-pyrrole nitrogens is 1. The van der Waals surface area contributed by atoms with Crippen LogP contribution in [0.15, 0.2) is 30.3 Å². The van der Waals surface area contributed by atoms with E-state index >= 15 is 0 Å². The summed E-state index contributed by atoms with van der Waals surface area (Å²) in [6, 6.07) is 8.92. The van der Waals surface area contributed by atoms with Crippen LogP contribution in [0.2, 0.25) is 10.0 Å². The molecule has 20 heavy (non-hydrogen) atoms. The third kappa shape index (κ3) is 2.44. The fourth-order valence-corrected chi connectivity index (χ4v) is 2.29. The van der Waals surface area contributed by atoms with E-state index in [4.69, 9.17) is 27.9 Å². The molecule has 2 aromatic heterocycles. The zero-order chi connectivity index (χ0) is 14.1. The first-order chi connectivity index (χ1) is 9.67. The molecule has 0 unspecified atom stereocenters. The molecule has 6 heteroatoms. The number of rotatable bonds is 3. The Morgan fingerprint density at radius 2 is 2.00 bits per heavy atom. The second-order valence-corrected chi connectivity index (χ2v) is 5.01. The summed E-state index contributed by atoms with van der Waals surface area (Å²) in [6.07, 6.45) is 0. The molecule has 0 amide bonds. The maximum absolute atomic E-state index is 6.18. The van der Waals surface area contributed by atoms with Crippen LogP contribution < -0.4 is 4.74 Å². The van der Waals surface area contributed by atoms with E-state index in [1.165, 1.54) is 0 Å². The lowest BCUT2D eigenvalue weighted by molar-refractivity contribution is 0.328. The van der Waals surface area contributed by atoms with E-state index < -0.39 is 0 Å². The van der Waals surface area contributed by atoms with Crippen LogP contribution in [0.1, 0.15) is 6.92 Å². The summed E-state index contributed by atoms with van der Waals surface area (Å²) in [7, 11) is 0. The third-order valence-electron chi connectivity index (χ3n) is 2.80. The van der Waals surface area contributed by atoms with Gasteiger partial charge in [-0.3, -0.25) is 0 Å². The number of aromatic nitrogens is 3. The average Bonchev–Trinajstić information content (AvgIpc) is 2.85. The topological polar surface area (TPSA) is 50.8 Å². The molecule has 0 saturated heterocycles. The molecular weight excluding hydrogens is 297 g/mol. The molecule has 0 fully saturated rings. The molecule has 0 radical (unpaired) electrons. The molecule has 1 aromatic carbocycles. The molecule has 0 bridgehead atoms. The quantitative estimate of drug-likeness (QED) is 0.783. The van der Waals surface area contributed by atoms with Crippen molar-refractivity contribution in [3.63, 3.8) is 0 Å². The number of nitrogens with zero attached hydrogens (tertiary/aromatic N) is 2. The lowest BCUT2D eigenvalue weighted by Crippen LogP contribution is -1.93. The van der Waals surface area contributed by atoms with Gasteiger partial charge in [-0.2, -0.15) is 4.98 Å². The summed E-state index contributed by atoms with van der Waals surface area (Å²) in [5.41, 5.74) is 2.15. The maximum atomic E-state index is 6.18. The molecule has 2 heterocycles. The number of imidazole rings is 1. The van der Waals surface area contributed by atoms with Crippen LogP contribution in [0, 0.1) is 0 Å². The highest BCUT2D eigenvalue weighted by atomic mass is 35.5. The van der Waals surface area contributed by atoms with Crippen molar-refractivity contribution in [1.29, 1.82) is 0 Å². The number of ether oxygens (including phenoxy) is 1. The van der Waals surface area contributed by atoms with Gasteiger partial charge in [0.25, 0.3) is 0 Å². The van der Waals surface area contributed by atoms with Gasteiger partial charge in [0.05, 0.1) is 17.1 Å². The van der Waals surface area contributed by atoms with Crippen LogP contribution in [0.5, 0.6) is 5.88 Å². The standard InChI is InChI=1S/C14H11Cl2N3O/c1-2-20-12-6-5-11-14(18-12)19-13(17-11)9-7-8(15)3-4-10(9)16/h3-7H,2H2,1H3,(H,17,18,19). The first-order valence-corrected chi connectivity index (χ1v) is 6.88. The monoisotopic (exact) mass is 307 g/mol. The van der Waals surface area contributed by atoms with Crippen molar-refractivity contribution in [3.05, 3.63) is 40.4 Å². The summed E-state index contributed by atoms with van der Waals surface area (Å²) in [6.45, 7) is 2.48. The number of hydrogen-bond donors (Lipinski definition) is 1. The van der Waals surface area contributed by atoms with E-state index in [1.54, 1.807) is 24.3 Å². The van der Waals surface area contributed by atoms with E-state index in [0.29, 0.717) is 34.0 Å². The van der Waals surface area contributed by atoms with Crippen LogP contribution in [0.3, 0.4) is 0 Å². The van der Waals surface area contributed by atoms with Gasteiger partial charge < -0.3 is 9.72 Å². The molecule has 0 aliphatic carbocycles. The Morgan fingerprint density at radius 1 is 1.15 bits per heavy atom. The predicted molar refractivity (Wildman–Crippen MR) is 80.5 cm³/mol. The molecule has 0 saturated carbocycles. The van der Waals surface area contributed by atoms with E-state index in [0.717, 1.165) is 11.1 Å². The van der Waals surface area contributed by atoms with Gasteiger partial charge >= 0.3 is 0 Å². The normalized spacial score (nSPS) is 10.9. The predicted octanol–water partition coefficient (Wildman–Crippen LogP) is 4.33. The van der Waals surface area contributed by atoms with Crippen molar-refractivity contribution in [1.82, 2.24) is 15.0 Å². The summed E-state index contributed by atoms with van der Waals surface area (Å²) in [4.78, 5) is 11.9. The Bertz CT molecular complexity index is 770. The van der Waals surface area contributed by atoms with Crippen molar-refractivity contribution >= 4 is 34.4 Å². The molecule has 3 aromatic rings. The minimum Gasteiger partial charge on any atom is -0.478 e. The highest BCUT2D eigenvalue weighted by Gasteiger charge is 2.11. The zero-order valence-electron chi connectivity index (χ0n) is 10.7. The van der Waals surface area contributed by atoms with Gasteiger partial charge in [-0.15, -0.1) is 0 Å². The summed E-state index contributed by atoms with van der Waals surface area (Å²) in [5, 5.41) is 1.19. The Hall–Kier alpha value is -1.78. The average molecular weight is 308 g/mol. The molecule has 3 rings (SSSR count). The van der Waals surface area contributed by atoms with Crippen molar-refractivity contribution in [3.8, 4) is 17.3 Å². The fraction of sp³-hybridized carbons (Fsp3) is 0.143. The largest absolute Gasteiger partial charge is 0.478 e. The number of pyridine rings is 1. The van der Waals surface area contributed by atoms with Gasteiger partial charge in [0.1, 0.15) is 5.82 Å². The Morgan fingerprint density at radius 3 is 2.80 bits per heavy atom. The minimum absolute atomic E-state index is 0.551. The van der Waals surface area contributed by atoms with Crippen LogP contribution in [0.25, 0.3) is 22.6 Å². The third-order valence-corrected chi connectivity index (χ3v) is 3.36. The molecule has 0 aliphatic rings. The zero-order valence-corrected chi connectivity index (χ0v) is 12.2. The van der Waals surface area contributed by atoms with Gasteiger partial charge in [-0.1, -0.05) is 23.2 Å². The van der Waals surface area contributed by atoms with Crippen LogP contribution in [-0.4, -0.2) is 21.6 Å². The van der Waals surface area contributed by atoms with Gasteiger partial charge in [0.2, 0.25) is 5.88 Å². The lowest BCUT2D eigenvalue weighted by Gasteiger charge is -2.00. The highest BCUT2D eigenvalue weighted by molar-refractivity contribution is 6.35. The van der Waals surface area contributed by atoms with Crippen LogP contribution in [0.4, 0.5) is 0 Å². The van der Waals surface area contributed by atoms with E-state index in [2.05, 4.69) is 15.0 Å². The smallest absolute Gasteiger partial charge is 0.215 e. The summed E-state index contributed by atoms with van der Waals surface area (Å²) in [5.74, 6) is 1.18. The van der Waals surface area contributed by atoms with Crippen molar-refractivity contribution in [2.75, 3.05) is 6.61 Å². The summed E-state index contributed by atoms with van der Waals surface area (Å²) >= 11 is 12.2. The molecule has 102 valence electrons. The lowest BCUT2D eigenvalue weighted by atomic mass is 10.2. The number of nitrogens with one attached hydrogen (secondary N) is 1. The number of benzene rings is 1. The molecule has 0 atom stereocenters. The molecule has 0 aliphatic heterocycles. The Kier molecular flexibility index (Phi) is 3.51. The first-order valence-electron chi connectivity index (χ1n) is 6.12. The van der Waals surface area contributed by atoms with E-state index in [-0.39, 0.29) is 0 Å². The minimum atomic E-state index is 0.551. The molecule has 0 spiro atoms.